The van der Waals surface area contributed by atoms with Gasteiger partial charge in [0.25, 0.3) is 0 Å². The lowest BCUT2D eigenvalue weighted by molar-refractivity contribution is -0.150. The van der Waals surface area contributed by atoms with Crippen molar-refractivity contribution in [3.05, 3.63) is 23.3 Å². The molecule has 5 heteroatoms. The lowest BCUT2D eigenvalue weighted by Crippen LogP contribution is -2.28. The molecule has 0 radical (unpaired) electrons. The van der Waals surface area contributed by atoms with E-state index in [2.05, 4.69) is 10.3 Å². The molecule has 0 fully saturated rings. The molecule has 0 atom stereocenters. The first-order chi connectivity index (χ1) is 8.86. The Bertz CT molecular complexity index is 629. The van der Waals surface area contributed by atoms with Gasteiger partial charge >= 0.3 is 5.97 Å². The van der Waals surface area contributed by atoms with E-state index in [1.165, 1.54) is 7.11 Å². The molecule has 0 saturated carbocycles. The fourth-order valence-electron chi connectivity index (χ4n) is 2.29. The molecule has 2 rings (SSSR count). The summed E-state index contributed by atoms with van der Waals surface area (Å²) in [4.78, 5) is 11.8. The number of carbonyl (C=O) groups excluding carboxylic acids is 1. The van der Waals surface area contributed by atoms with Gasteiger partial charge in [-0.25, -0.2) is 4.68 Å². The summed E-state index contributed by atoms with van der Waals surface area (Å²) < 4.78 is 6.60. The minimum atomic E-state index is -0.546. The van der Waals surface area contributed by atoms with Crippen LogP contribution in [-0.2, 0) is 23.0 Å². The minimum Gasteiger partial charge on any atom is -0.469 e. The van der Waals surface area contributed by atoms with Crippen molar-refractivity contribution in [1.29, 1.82) is 0 Å². The smallest absolute Gasteiger partial charge is 0.311 e. The normalized spacial score (nSPS) is 11.8. The highest BCUT2D eigenvalue weighted by Crippen LogP contribution is 2.28. The van der Waals surface area contributed by atoms with E-state index in [0.29, 0.717) is 6.42 Å². The standard InChI is InChI=1S/C14H19N3O2/c1-9-10(8-14(2,3)13(18)19-5)6-7-11-12(9)15-16-17(11)4/h6-7H,8H2,1-5H3. The molecule has 0 aliphatic heterocycles. The van der Waals surface area contributed by atoms with E-state index in [-0.39, 0.29) is 5.97 Å². The molecule has 5 nitrogen and oxygen atoms in total. The highest BCUT2D eigenvalue weighted by molar-refractivity contribution is 5.80. The summed E-state index contributed by atoms with van der Waals surface area (Å²) in [7, 11) is 3.29. The maximum Gasteiger partial charge on any atom is 0.311 e. The Balaban J connectivity index is 2.41. The van der Waals surface area contributed by atoms with Crippen LogP contribution in [0.15, 0.2) is 12.1 Å². The maximum absolute atomic E-state index is 11.8. The van der Waals surface area contributed by atoms with Gasteiger partial charge in [0.05, 0.1) is 18.0 Å². The van der Waals surface area contributed by atoms with Crippen molar-refractivity contribution >= 4 is 17.0 Å². The number of hydrogen-bond acceptors (Lipinski definition) is 4. The van der Waals surface area contributed by atoms with E-state index in [4.69, 9.17) is 4.74 Å². The van der Waals surface area contributed by atoms with Crippen LogP contribution in [0, 0.1) is 12.3 Å². The monoisotopic (exact) mass is 261 g/mol. The summed E-state index contributed by atoms with van der Waals surface area (Å²) in [5.41, 5.74) is 3.51. The van der Waals surface area contributed by atoms with E-state index in [1.807, 2.05) is 40.0 Å². The van der Waals surface area contributed by atoms with Crippen molar-refractivity contribution in [2.24, 2.45) is 12.5 Å². The van der Waals surface area contributed by atoms with Crippen LogP contribution in [0.2, 0.25) is 0 Å². The summed E-state index contributed by atoms with van der Waals surface area (Å²) in [6, 6.07) is 4.02. The predicted octanol–water partition coefficient (Wildman–Crippen LogP) is 2.02. The van der Waals surface area contributed by atoms with E-state index < -0.39 is 5.41 Å². The van der Waals surface area contributed by atoms with Crippen molar-refractivity contribution in [2.75, 3.05) is 7.11 Å². The summed E-state index contributed by atoms with van der Waals surface area (Å²) in [5.74, 6) is -0.203. The van der Waals surface area contributed by atoms with Crippen molar-refractivity contribution < 1.29 is 9.53 Å². The zero-order valence-corrected chi connectivity index (χ0v) is 12.0. The average molecular weight is 261 g/mol. The van der Waals surface area contributed by atoms with Crippen molar-refractivity contribution in [2.45, 2.75) is 27.2 Å². The van der Waals surface area contributed by atoms with E-state index in [1.54, 1.807) is 4.68 Å². The second-order valence-corrected chi connectivity index (χ2v) is 5.48. The van der Waals surface area contributed by atoms with E-state index >= 15 is 0 Å². The number of rotatable bonds is 3. The number of nitrogens with zero attached hydrogens (tertiary/aromatic N) is 3. The Morgan fingerprint density at radius 3 is 2.74 bits per heavy atom. The molecule has 0 unspecified atom stereocenters. The molecule has 0 bridgehead atoms. The second kappa shape index (κ2) is 4.64. The largest absolute Gasteiger partial charge is 0.469 e. The molecule has 0 saturated heterocycles. The van der Waals surface area contributed by atoms with Gasteiger partial charge < -0.3 is 4.74 Å². The first-order valence-corrected chi connectivity index (χ1v) is 6.23. The van der Waals surface area contributed by atoms with Crippen LogP contribution in [0.4, 0.5) is 0 Å². The molecule has 1 heterocycles. The van der Waals surface area contributed by atoms with Crippen molar-refractivity contribution in [1.82, 2.24) is 15.0 Å². The first kappa shape index (κ1) is 13.5. The highest BCUT2D eigenvalue weighted by atomic mass is 16.5. The summed E-state index contributed by atoms with van der Waals surface area (Å²) in [6.45, 7) is 5.79. The number of methoxy groups -OCH3 is 1. The van der Waals surface area contributed by atoms with Crippen LogP contribution in [0.5, 0.6) is 0 Å². The Morgan fingerprint density at radius 1 is 1.42 bits per heavy atom. The van der Waals surface area contributed by atoms with Crippen LogP contribution in [0.1, 0.15) is 25.0 Å². The first-order valence-electron chi connectivity index (χ1n) is 6.23. The van der Waals surface area contributed by atoms with Crippen LogP contribution in [0.25, 0.3) is 11.0 Å². The third-order valence-corrected chi connectivity index (χ3v) is 3.52. The summed E-state index contributed by atoms with van der Waals surface area (Å²) in [5, 5.41) is 8.19. The molecule has 0 spiro atoms. The number of esters is 1. The number of carbonyl (C=O) groups is 1. The molecule has 0 aliphatic rings. The van der Waals surface area contributed by atoms with Gasteiger partial charge in [-0.2, -0.15) is 0 Å². The third-order valence-electron chi connectivity index (χ3n) is 3.52. The second-order valence-electron chi connectivity index (χ2n) is 5.48. The fraction of sp³-hybridized carbons (Fsp3) is 0.500. The number of benzene rings is 1. The molecule has 19 heavy (non-hydrogen) atoms. The molecule has 1 aromatic heterocycles. The molecular weight excluding hydrogens is 242 g/mol. The summed E-state index contributed by atoms with van der Waals surface area (Å²) >= 11 is 0. The number of aromatic nitrogens is 3. The zero-order valence-electron chi connectivity index (χ0n) is 12.0. The molecular formula is C14H19N3O2. The Kier molecular flexibility index (Phi) is 3.30. The Labute approximate surface area is 112 Å². The molecule has 1 aromatic carbocycles. The third kappa shape index (κ3) is 2.32. The van der Waals surface area contributed by atoms with Gasteiger partial charge in [0.15, 0.2) is 0 Å². The fourth-order valence-corrected chi connectivity index (χ4v) is 2.29. The minimum absolute atomic E-state index is 0.203. The van der Waals surface area contributed by atoms with Gasteiger partial charge in [0, 0.05) is 7.05 Å². The maximum atomic E-state index is 11.8. The van der Waals surface area contributed by atoms with Gasteiger partial charge in [-0.15, -0.1) is 5.10 Å². The number of aryl methyl sites for hydroxylation is 2. The molecule has 0 aliphatic carbocycles. The van der Waals surface area contributed by atoms with Crippen molar-refractivity contribution in [3.63, 3.8) is 0 Å². The molecule has 102 valence electrons. The van der Waals surface area contributed by atoms with Gasteiger partial charge in [-0.1, -0.05) is 11.3 Å². The molecule has 0 amide bonds. The van der Waals surface area contributed by atoms with E-state index in [0.717, 1.165) is 22.2 Å². The van der Waals surface area contributed by atoms with Crippen molar-refractivity contribution in [3.8, 4) is 0 Å². The zero-order chi connectivity index (χ0) is 14.2. The Hall–Kier alpha value is -1.91. The lowest BCUT2D eigenvalue weighted by atomic mass is 9.84. The van der Waals surface area contributed by atoms with Crippen LogP contribution >= 0.6 is 0 Å². The van der Waals surface area contributed by atoms with Crippen LogP contribution < -0.4 is 0 Å². The average Bonchev–Trinajstić information content (AvgIpc) is 2.74. The number of hydrogen-bond donors (Lipinski definition) is 0. The van der Waals surface area contributed by atoms with E-state index in [9.17, 15) is 4.79 Å². The number of fused-ring (bicyclic) bond motifs is 1. The molecule has 0 N–H and O–H groups in total. The topological polar surface area (TPSA) is 57.0 Å². The van der Waals surface area contributed by atoms with Crippen LogP contribution in [0.3, 0.4) is 0 Å². The lowest BCUT2D eigenvalue weighted by Gasteiger charge is -2.22. The van der Waals surface area contributed by atoms with Gasteiger partial charge in [-0.05, 0) is 44.4 Å². The quantitative estimate of drug-likeness (QED) is 0.793. The molecule has 2 aromatic rings. The van der Waals surface area contributed by atoms with Gasteiger partial charge in [-0.3, -0.25) is 4.79 Å². The Morgan fingerprint density at radius 2 is 2.11 bits per heavy atom. The van der Waals surface area contributed by atoms with Gasteiger partial charge in [0.2, 0.25) is 0 Å². The predicted molar refractivity (Wildman–Crippen MR) is 72.7 cm³/mol. The highest BCUT2D eigenvalue weighted by Gasteiger charge is 2.29. The van der Waals surface area contributed by atoms with Crippen LogP contribution in [-0.4, -0.2) is 28.1 Å². The number of ether oxygens (including phenoxy) is 1. The SMILES string of the molecule is COC(=O)C(C)(C)Cc1ccc2c(nnn2C)c1C. The van der Waals surface area contributed by atoms with Gasteiger partial charge in [0.1, 0.15) is 5.52 Å². The summed E-state index contributed by atoms with van der Waals surface area (Å²) in [6.07, 6.45) is 0.623.